The molecule has 1 aliphatic heterocycles. The van der Waals surface area contributed by atoms with Gasteiger partial charge in [0, 0.05) is 17.8 Å². The Morgan fingerprint density at radius 3 is 2.56 bits per heavy atom. The lowest BCUT2D eigenvalue weighted by molar-refractivity contribution is 0.189. The average molecular weight is 437 g/mol. The molecule has 0 aliphatic carbocycles. The first-order valence-corrected chi connectivity index (χ1v) is 10.4. The molecular weight excluding hydrogens is 412 g/mol. The molecule has 1 aromatic heterocycles. The number of carbonyl (C=O) groups is 1. The maximum Gasteiger partial charge on any atom is 0.322 e. The van der Waals surface area contributed by atoms with E-state index in [0.717, 1.165) is 23.3 Å². The number of amides is 2. The van der Waals surface area contributed by atoms with Crippen molar-refractivity contribution < 1.29 is 18.3 Å². The zero-order valence-electron chi connectivity index (χ0n) is 18.2. The van der Waals surface area contributed by atoms with Crippen molar-refractivity contribution in [2.24, 2.45) is 0 Å². The lowest BCUT2D eigenvalue weighted by Crippen LogP contribution is -2.40. The van der Waals surface area contributed by atoms with Gasteiger partial charge in [-0.2, -0.15) is 0 Å². The maximum absolute atomic E-state index is 14.2. The summed E-state index contributed by atoms with van der Waals surface area (Å²) in [7, 11) is 0. The quantitative estimate of drug-likeness (QED) is 0.562. The van der Waals surface area contributed by atoms with E-state index in [4.69, 9.17) is 4.74 Å². The zero-order valence-corrected chi connectivity index (χ0v) is 18.2. The first-order chi connectivity index (χ1) is 15.2. The van der Waals surface area contributed by atoms with E-state index in [-0.39, 0.29) is 24.3 Å². The minimum absolute atomic E-state index is 0.0122. The molecule has 2 aromatic carbocycles. The number of benzene rings is 2. The summed E-state index contributed by atoms with van der Waals surface area (Å²) in [5.74, 6) is -1.08. The molecule has 5 nitrogen and oxygen atoms in total. The molecule has 0 radical (unpaired) electrons. The van der Waals surface area contributed by atoms with Crippen LogP contribution in [0.4, 0.5) is 19.3 Å². The fourth-order valence-corrected chi connectivity index (χ4v) is 3.79. The third kappa shape index (κ3) is 4.42. The van der Waals surface area contributed by atoms with Crippen molar-refractivity contribution >= 4 is 11.7 Å². The van der Waals surface area contributed by atoms with Crippen LogP contribution in [0.5, 0.6) is 5.88 Å². The van der Waals surface area contributed by atoms with Crippen LogP contribution in [0, 0.1) is 11.6 Å². The van der Waals surface area contributed by atoms with Crippen molar-refractivity contribution in [3.63, 3.8) is 0 Å². The smallest absolute Gasteiger partial charge is 0.322 e. The number of hydrogen-bond donors (Lipinski definition) is 1. The third-order valence-corrected chi connectivity index (χ3v) is 5.50. The second-order valence-corrected chi connectivity index (χ2v) is 8.77. The fourth-order valence-electron chi connectivity index (χ4n) is 3.79. The molecule has 32 heavy (non-hydrogen) atoms. The Hall–Kier alpha value is -3.48. The number of rotatable bonds is 2. The molecule has 1 unspecified atom stereocenters. The Bertz CT molecular complexity index is 1130. The summed E-state index contributed by atoms with van der Waals surface area (Å²) in [6.45, 7) is 6.91. The fraction of sp³-hybridized carbons (Fsp3) is 0.280. The topological polar surface area (TPSA) is 54.5 Å². The van der Waals surface area contributed by atoms with Crippen molar-refractivity contribution in [1.29, 1.82) is 0 Å². The van der Waals surface area contributed by atoms with E-state index in [1.54, 1.807) is 17.2 Å². The highest BCUT2D eigenvalue weighted by Crippen LogP contribution is 2.37. The molecule has 1 N–H and O–H groups in total. The number of aromatic nitrogens is 1. The first kappa shape index (κ1) is 21.7. The lowest BCUT2D eigenvalue weighted by atomic mass is 9.85. The standard InChI is InChI=1S/C25H25F2N3O2/c1-25(2,3)17-8-6-16(7-9-17)22-19-5-4-12-28-23(19)32-14-13-30(22)24(31)29-21-11-10-18(26)15-20(21)27/h4-12,15,22H,13-14H2,1-3H3,(H,29,31). The van der Waals surface area contributed by atoms with Crippen molar-refractivity contribution in [3.8, 4) is 5.88 Å². The second-order valence-electron chi connectivity index (χ2n) is 8.77. The summed E-state index contributed by atoms with van der Waals surface area (Å²) in [5, 5.41) is 2.57. The minimum atomic E-state index is -0.836. The van der Waals surface area contributed by atoms with Gasteiger partial charge < -0.3 is 15.0 Å². The van der Waals surface area contributed by atoms with Crippen molar-refractivity contribution in [1.82, 2.24) is 9.88 Å². The van der Waals surface area contributed by atoms with Crippen molar-refractivity contribution in [3.05, 3.63) is 89.1 Å². The van der Waals surface area contributed by atoms with Gasteiger partial charge in [0.05, 0.1) is 18.3 Å². The number of fused-ring (bicyclic) bond motifs is 1. The van der Waals surface area contributed by atoms with Crippen LogP contribution in [0.1, 0.15) is 43.5 Å². The predicted octanol–water partition coefficient (Wildman–Crippen LogP) is 5.67. The summed E-state index contributed by atoms with van der Waals surface area (Å²) in [6.07, 6.45) is 1.64. The normalized spacial score (nSPS) is 16.0. The monoisotopic (exact) mass is 437 g/mol. The SMILES string of the molecule is CC(C)(C)c1ccc(C2c3cccnc3OCCN2C(=O)Nc2ccc(F)cc2F)cc1. The summed E-state index contributed by atoms with van der Waals surface area (Å²) in [6, 6.07) is 13.8. The molecule has 0 saturated carbocycles. The lowest BCUT2D eigenvalue weighted by Gasteiger charge is -2.31. The largest absolute Gasteiger partial charge is 0.476 e. The van der Waals surface area contributed by atoms with Crippen LogP contribution in [-0.4, -0.2) is 29.1 Å². The third-order valence-electron chi connectivity index (χ3n) is 5.50. The Kier molecular flexibility index (Phi) is 5.82. The number of carbonyl (C=O) groups excluding carboxylic acids is 1. The number of urea groups is 1. The summed E-state index contributed by atoms with van der Waals surface area (Å²) in [4.78, 5) is 19.2. The average Bonchev–Trinajstić information content (AvgIpc) is 2.95. The molecule has 166 valence electrons. The van der Waals surface area contributed by atoms with Crippen LogP contribution in [-0.2, 0) is 5.41 Å². The molecule has 4 rings (SSSR count). The number of nitrogens with one attached hydrogen (secondary N) is 1. The number of pyridine rings is 1. The molecule has 0 bridgehead atoms. The van der Waals surface area contributed by atoms with E-state index in [1.807, 2.05) is 30.3 Å². The van der Waals surface area contributed by atoms with Crippen LogP contribution in [0.15, 0.2) is 60.8 Å². The van der Waals surface area contributed by atoms with Gasteiger partial charge in [-0.25, -0.2) is 18.6 Å². The number of ether oxygens (including phenoxy) is 1. The summed E-state index contributed by atoms with van der Waals surface area (Å²) < 4.78 is 33.2. The summed E-state index contributed by atoms with van der Waals surface area (Å²) in [5.41, 5.74) is 2.69. The minimum Gasteiger partial charge on any atom is -0.476 e. The Labute approximate surface area is 186 Å². The van der Waals surface area contributed by atoms with Crippen LogP contribution < -0.4 is 10.1 Å². The number of hydrogen-bond acceptors (Lipinski definition) is 3. The van der Waals surface area contributed by atoms with Crippen LogP contribution in [0.25, 0.3) is 0 Å². The van der Waals surface area contributed by atoms with Crippen LogP contribution in [0.3, 0.4) is 0 Å². The number of nitrogens with zero attached hydrogens (tertiary/aromatic N) is 2. The van der Waals surface area contributed by atoms with Gasteiger partial charge in [-0.1, -0.05) is 45.0 Å². The Balaban J connectivity index is 1.73. The maximum atomic E-state index is 14.2. The van der Waals surface area contributed by atoms with E-state index in [2.05, 4.69) is 31.1 Å². The van der Waals surface area contributed by atoms with Gasteiger partial charge in [-0.05, 0) is 40.8 Å². The number of halogens is 2. The molecule has 3 aromatic rings. The van der Waals surface area contributed by atoms with Crippen molar-refractivity contribution in [2.45, 2.75) is 32.2 Å². The van der Waals surface area contributed by atoms with E-state index >= 15 is 0 Å². The van der Waals surface area contributed by atoms with Gasteiger partial charge in [0.2, 0.25) is 5.88 Å². The molecule has 2 amide bonds. The highest BCUT2D eigenvalue weighted by molar-refractivity contribution is 5.90. The molecular formula is C25H25F2N3O2. The highest BCUT2D eigenvalue weighted by atomic mass is 19.1. The first-order valence-electron chi connectivity index (χ1n) is 10.4. The van der Waals surface area contributed by atoms with E-state index in [0.29, 0.717) is 5.88 Å². The van der Waals surface area contributed by atoms with Gasteiger partial charge >= 0.3 is 6.03 Å². The highest BCUT2D eigenvalue weighted by Gasteiger charge is 2.32. The van der Waals surface area contributed by atoms with E-state index in [1.165, 1.54) is 11.6 Å². The summed E-state index contributed by atoms with van der Waals surface area (Å²) >= 11 is 0. The van der Waals surface area contributed by atoms with Crippen molar-refractivity contribution in [2.75, 3.05) is 18.5 Å². The number of anilines is 1. The molecule has 1 aliphatic rings. The van der Waals surface area contributed by atoms with E-state index in [9.17, 15) is 13.6 Å². The molecule has 0 saturated heterocycles. The van der Waals surface area contributed by atoms with Crippen LogP contribution >= 0.6 is 0 Å². The van der Waals surface area contributed by atoms with Crippen LogP contribution in [0.2, 0.25) is 0 Å². The van der Waals surface area contributed by atoms with Gasteiger partial charge in [-0.15, -0.1) is 0 Å². The van der Waals surface area contributed by atoms with E-state index < -0.39 is 23.7 Å². The van der Waals surface area contributed by atoms with Gasteiger partial charge in [0.1, 0.15) is 18.2 Å². The Morgan fingerprint density at radius 1 is 1.12 bits per heavy atom. The van der Waals surface area contributed by atoms with Gasteiger partial charge in [0.15, 0.2) is 0 Å². The second kappa shape index (κ2) is 8.57. The molecule has 1 atom stereocenters. The zero-order chi connectivity index (χ0) is 22.9. The van der Waals surface area contributed by atoms with Gasteiger partial charge in [0.25, 0.3) is 0 Å². The molecule has 0 spiro atoms. The molecule has 2 heterocycles. The Morgan fingerprint density at radius 2 is 1.88 bits per heavy atom. The predicted molar refractivity (Wildman–Crippen MR) is 119 cm³/mol. The van der Waals surface area contributed by atoms with Gasteiger partial charge in [-0.3, -0.25) is 0 Å². The molecule has 0 fully saturated rings. The molecule has 7 heteroatoms.